The Hall–Kier alpha value is -1.02. The van der Waals surface area contributed by atoms with Crippen molar-refractivity contribution in [1.29, 1.82) is 0 Å². The van der Waals surface area contributed by atoms with Crippen LogP contribution in [0.4, 0.5) is 0 Å². The van der Waals surface area contributed by atoms with Gasteiger partial charge in [0.15, 0.2) is 5.76 Å². The summed E-state index contributed by atoms with van der Waals surface area (Å²) < 4.78 is 5.31. The number of nitrogens with two attached hydrogens (primary N) is 1. The minimum absolute atomic E-state index is 0.878. The van der Waals surface area contributed by atoms with Gasteiger partial charge in [-0.15, -0.1) is 0 Å². The molecule has 2 aliphatic rings. The lowest BCUT2D eigenvalue weighted by Gasteiger charge is -2.15. The van der Waals surface area contributed by atoms with Gasteiger partial charge < -0.3 is 9.73 Å². The first kappa shape index (κ1) is 9.22. The Morgan fingerprint density at radius 2 is 2.33 bits per heavy atom. The van der Waals surface area contributed by atoms with Gasteiger partial charge in [0.2, 0.25) is 0 Å². The molecular weight excluding hydrogens is 186 g/mol. The van der Waals surface area contributed by atoms with Crippen LogP contribution in [-0.2, 0) is 6.54 Å². The maximum Gasteiger partial charge on any atom is 0.157 e. The number of hydrogen-bond acceptors (Lipinski definition) is 1. The summed E-state index contributed by atoms with van der Waals surface area (Å²) in [7, 11) is 0. The van der Waals surface area contributed by atoms with Crippen molar-refractivity contribution in [2.45, 2.75) is 19.4 Å². The molecule has 0 aromatic carbocycles. The summed E-state index contributed by atoms with van der Waals surface area (Å²) in [4.78, 5) is 0. The lowest BCUT2D eigenvalue weighted by molar-refractivity contribution is -0.678. The van der Waals surface area contributed by atoms with Gasteiger partial charge in [-0.3, -0.25) is 0 Å². The number of hydrogen-bond donors (Lipinski definition) is 1. The van der Waals surface area contributed by atoms with E-state index in [0.717, 1.165) is 30.1 Å². The molecule has 2 heteroatoms. The third-order valence-electron chi connectivity index (χ3n) is 3.81. The quantitative estimate of drug-likeness (QED) is 0.741. The number of furan rings is 1. The van der Waals surface area contributed by atoms with Crippen LogP contribution >= 0.6 is 0 Å². The molecule has 1 aromatic heterocycles. The van der Waals surface area contributed by atoms with Crippen molar-refractivity contribution in [2.75, 3.05) is 6.54 Å². The maximum absolute atomic E-state index is 5.31. The standard InChI is InChI=1S/C13H17NO/c1-2-13(15-5-1)9-14-8-12-7-10-3-4-11(12)6-10/h1-5,10-12,14H,6-9H2/p+1/t10-,11+,12-/m1/s1. The summed E-state index contributed by atoms with van der Waals surface area (Å²) in [6.45, 7) is 2.25. The van der Waals surface area contributed by atoms with Crippen molar-refractivity contribution in [3.63, 3.8) is 0 Å². The van der Waals surface area contributed by atoms with Crippen LogP contribution in [0, 0.1) is 17.8 Å². The molecule has 2 aliphatic carbocycles. The molecule has 2 N–H and O–H groups in total. The van der Waals surface area contributed by atoms with Crippen LogP contribution < -0.4 is 5.32 Å². The summed E-state index contributed by atoms with van der Waals surface area (Å²) in [5, 5.41) is 2.39. The Labute approximate surface area is 90.4 Å². The molecule has 0 saturated heterocycles. The smallest absolute Gasteiger partial charge is 0.157 e. The fraction of sp³-hybridized carbons (Fsp3) is 0.538. The van der Waals surface area contributed by atoms with Crippen molar-refractivity contribution >= 4 is 0 Å². The Balaban J connectivity index is 1.45. The fourth-order valence-corrected chi connectivity index (χ4v) is 3.03. The summed E-state index contributed by atoms with van der Waals surface area (Å²) in [6.07, 6.45) is 9.42. The average molecular weight is 204 g/mol. The Bertz CT molecular complexity index is 341. The average Bonchev–Trinajstić information content (AvgIpc) is 2.93. The molecular formula is C13H18NO+. The molecule has 0 unspecified atom stereocenters. The molecule has 0 spiro atoms. The largest absolute Gasteiger partial charge is 0.463 e. The van der Waals surface area contributed by atoms with E-state index >= 15 is 0 Å². The molecule has 2 nitrogen and oxygen atoms in total. The number of fused-ring (bicyclic) bond motifs is 2. The first-order valence-electron chi connectivity index (χ1n) is 5.94. The fourth-order valence-electron chi connectivity index (χ4n) is 3.03. The lowest BCUT2D eigenvalue weighted by atomic mass is 9.94. The van der Waals surface area contributed by atoms with E-state index in [0.29, 0.717) is 0 Å². The second-order valence-corrected chi connectivity index (χ2v) is 4.85. The van der Waals surface area contributed by atoms with Crippen LogP contribution in [0.2, 0.25) is 0 Å². The molecule has 3 atom stereocenters. The van der Waals surface area contributed by atoms with E-state index in [1.165, 1.54) is 19.4 Å². The first-order chi connectivity index (χ1) is 7.42. The highest BCUT2D eigenvalue weighted by molar-refractivity contribution is 5.09. The number of allylic oxidation sites excluding steroid dienone is 2. The Morgan fingerprint density at radius 3 is 3.00 bits per heavy atom. The number of rotatable bonds is 4. The number of quaternary nitrogens is 1. The molecule has 80 valence electrons. The highest BCUT2D eigenvalue weighted by Gasteiger charge is 2.36. The molecule has 1 saturated carbocycles. The highest BCUT2D eigenvalue weighted by Crippen LogP contribution is 2.42. The minimum Gasteiger partial charge on any atom is -0.463 e. The topological polar surface area (TPSA) is 29.8 Å². The third-order valence-corrected chi connectivity index (χ3v) is 3.81. The minimum atomic E-state index is 0.878. The predicted molar refractivity (Wildman–Crippen MR) is 58.0 cm³/mol. The second kappa shape index (κ2) is 3.86. The Kier molecular flexibility index (Phi) is 2.37. The van der Waals surface area contributed by atoms with E-state index in [1.54, 1.807) is 6.26 Å². The summed E-state index contributed by atoms with van der Waals surface area (Å²) in [5.41, 5.74) is 0. The summed E-state index contributed by atoms with van der Waals surface area (Å²) >= 11 is 0. The van der Waals surface area contributed by atoms with Crippen LogP contribution in [0.1, 0.15) is 18.6 Å². The molecule has 1 aromatic rings. The van der Waals surface area contributed by atoms with Crippen LogP contribution in [0.5, 0.6) is 0 Å². The van der Waals surface area contributed by atoms with Gasteiger partial charge in [0.25, 0.3) is 0 Å². The maximum atomic E-state index is 5.31. The summed E-state index contributed by atoms with van der Waals surface area (Å²) in [5.74, 6) is 3.78. The van der Waals surface area contributed by atoms with Gasteiger partial charge in [-0.2, -0.15) is 0 Å². The lowest BCUT2D eigenvalue weighted by Crippen LogP contribution is -2.84. The molecule has 15 heavy (non-hydrogen) atoms. The van der Waals surface area contributed by atoms with E-state index in [9.17, 15) is 0 Å². The van der Waals surface area contributed by atoms with Crippen LogP contribution in [0.3, 0.4) is 0 Å². The van der Waals surface area contributed by atoms with E-state index < -0.39 is 0 Å². The Morgan fingerprint density at radius 1 is 1.33 bits per heavy atom. The van der Waals surface area contributed by atoms with Gasteiger partial charge >= 0.3 is 0 Å². The molecule has 0 radical (unpaired) electrons. The van der Waals surface area contributed by atoms with Gasteiger partial charge in [-0.1, -0.05) is 12.2 Å². The molecule has 3 rings (SSSR count). The zero-order valence-electron chi connectivity index (χ0n) is 8.93. The van der Waals surface area contributed by atoms with Crippen LogP contribution in [0.25, 0.3) is 0 Å². The van der Waals surface area contributed by atoms with E-state index in [-0.39, 0.29) is 0 Å². The van der Waals surface area contributed by atoms with Crippen molar-refractivity contribution in [3.05, 3.63) is 36.3 Å². The molecule has 0 aliphatic heterocycles. The SMILES string of the molecule is C1=C[C@H]2C[C@@H]1C[C@@H]2C[NH2+]Cc1ccco1. The van der Waals surface area contributed by atoms with Gasteiger partial charge in [-0.25, -0.2) is 0 Å². The predicted octanol–water partition coefficient (Wildman–Crippen LogP) is 1.56. The molecule has 1 heterocycles. The third kappa shape index (κ3) is 1.86. The summed E-state index contributed by atoms with van der Waals surface area (Å²) in [6, 6.07) is 4.01. The molecule has 0 amide bonds. The van der Waals surface area contributed by atoms with E-state index in [4.69, 9.17) is 4.42 Å². The van der Waals surface area contributed by atoms with Crippen molar-refractivity contribution in [2.24, 2.45) is 17.8 Å². The van der Waals surface area contributed by atoms with Crippen LogP contribution in [0.15, 0.2) is 35.0 Å². The van der Waals surface area contributed by atoms with Crippen molar-refractivity contribution < 1.29 is 9.73 Å². The zero-order chi connectivity index (χ0) is 10.1. The normalized spacial score (nSPS) is 32.7. The second-order valence-electron chi connectivity index (χ2n) is 4.85. The van der Waals surface area contributed by atoms with Crippen LogP contribution in [-0.4, -0.2) is 6.54 Å². The first-order valence-corrected chi connectivity index (χ1v) is 5.94. The van der Waals surface area contributed by atoms with Gasteiger partial charge in [0.1, 0.15) is 6.54 Å². The van der Waals surface area contributed by atoms with Crippen molar-refractivity contribution in [3.8, 4) is 0 Å². The monoisotopic (exact) mass is 204 g/mol. The van der Waals surface area contributed by atoms with Gasteiger partial charge in [0.05, 0.1) is 12.8 Å². The van der Waals surface area contributed by atoms with E-state index in [1.807, 2.05) is 6.07 Å². The van der Waals surface area contributed by atoms with Gasteiger partial charge in [-0.05, 0) is 36.8 Å². The van der Waals surface area contributed by atoms with Crippen molar-refractivity contribution in [1.82, 2.24) is 0 Å². The highest BCUT2D eigenvalue weighted by atomic mass is 16.3. The zero-order valence-corrected chi connectivity index (χ0v) is 8.93. The van der Waals surface area contributed by atoms with E-state index in [2.05, 4.69) is 23.5 Å². The molecule has 2 bridgehead atoms. The van der Waals surface area contributed by atoms with Gasteiger partial charge in [0, 0.05) is 5.92 Å². The molecule has 1 fully saturated rings.